The van der Waals surface area contributed by atoms with E-state index in [9.17, 15) is 14.9 Å². The Balaban J connectivity index is 2.21. The molecule has 0 spiro atoms. The van der Waals surface area contributed by atoms with Crippen LogP contribution in [0.2, 0.25) is 0 Å². The van der Waals surface area contributed by atoms with E-state index in [1.54, 1.807) is 13.1 Å². The predicted octanol–water partition coefficient (Wildman–Crippen LogP) is 2.17. The number of aromatic nitrogens is 2. The van der Waals surface area contributed by atoms with Crippen molar-refractivity contribution in [1.82, 2.24) is 10.1 Å². The van der Waals surface area contributed by atoms with Crippen molar-refractivity contribution >= 4 is 10.9 Å². The van der Waals surface area contributed by atoms with Gasteiger partial charge in [-0.15, -0.1) is 0 Å². The SMILES string of the molecule is Cc1[nH]oc(=O)c1C(C[N+](=O)[O-])c1c[nH]c2ccccc12. The summed E-state index contributed by atoms with van der Waals surface area (Å²) >= 11 is 0. The molecule has 0 bridgehead atoms. The highest BCUT2D eigenvalue weighted by atomic mass is 16.6. The van der Waals surface area contributed by atoms with Gasteiger partial charge in [-0.2, -0.15) is 0 Å². The fourth-order valence-electron chi connectivity index (χ4n) is 2.67. The summed E-state index contributed by atoms with van der Waals surface area (Å²) < 4.78 is 4.75. The number of nitrogens with zero attached hydrogens (tertiary/aromatic N) is 1. The van der Waals surface area contributed by atoms with E-state index in [-0.39, 0.29) is 6.54 Å². The van der Waals surface area contributed by atoms with E-state index >= 15 is 0 Å². The minimum Gasteiger partial charge on any atom is -0.361 e. The smallest absolute Gasteiger partial charge is 0.361 e. The van der Waals surface area contributed by atoms with Crippen LogP contribution < -0.4 is 5.63 Å². The maximum absolute atomic E-state index is 11.9. The normalized spacial score (nSPS) is 12.6. The molecule has 7 heteroatoms. The summed E-state index contributed by atoms with van der Waals surface area (Å²) in [6.07, 6.45) is 1.71. The van der Waals surface area contributed by atoms with Gasteiger partial charge in [-0.3, -0.25) is 10.1 Å². The molecule has 3 aromatic rings. The van der Waals surface area contributed by atoms with Gasteiger partial charge in [0, 0.05) is 22.0 Å². The summed E-state index contributed by atoms with van der Waals surface area (Å²) in [6, 6.07) is 7.49. The van der Waals surface area contributed by atoms with Gasteiger partial charge in [-0.1, -0.05) is 18.2 Å². The van der Waals surface area contributed by atoms with Gasteiger partial charge in [0.15, 0.2) is 0 Å². The van der Waals surface area contributed by atoms with E-state index in [0.29, 0.717) is 11.3 Å². The van der Waals surface area contributed by atoms with Crippen molar-refractivity contribution in [3.05, 3.63) is 67.8 Å². The fourth-order valence-corrected chi connectivity index (χ4v) is 2.67. The van der Waals surface area contributed by atoms with Crippen LogP contribution >= 0.6 is 0 Å². The Morgan fingerprint density at radius 3 is 2.81 bits per heavy atom. The van der Waals surface area contributed by atoms with E-state index < -0.39 is 16.5 Å². The molecular weight excluding hydrogens is 274 g/mol. The Morgan fingerprint density at radius 1 is 1.38 bits per heavy atom. The topological polar surface area (TPSA) is 105 Å². The Hall–Kier alpha value is -2.83. The van der Waals surface area contributed by atoms with Crippen LogP contribution in [-0.2, 0) is 0 Å². The van der Waals surface area contributed by atoms with E-state index in [0.717, 1.165) is 16.5 Å². The Bertz CT molecular complexity index is 858. The van der Waals surface area contributed by atoms with Crippen molar-refractivity contribution in [2.24, 2.45) is 0 Å². The largest absolute Gasteiger partial charge is 0.361 e. The van der Waals surface area contributed by atoms with Crippen molar-refractivity contribution in [1.29, 1.82) is 0 Å². The lowest BCUT2D eigenvalue weighted by Crippen LogP contribution is -2.19. The van der Waals surface area contributed by atoms with Crippen LogP contribution in [0.15, 0.2) is 39.8 Å². The first-order valence-corrected chi connectivity index (χ1v) is 6.43. The van der Waals surface area contributed by atoms with Gasteiger partial charge in [-0.25, -0.2) is 9.95 Å². The molecule has 0 saturated carbocycles. The van der Waals surface area contributed by atoms with Gasteiger partial charge in [0.05, 0.1) is 17.2 Å². The van der Waals surface area contributed by atoms with Crippen molar-refractivity contribution in [2.45, 2.75) is 12.8 Å². The van der Waals surface area contributed by atoms with Crippen molar-refractivity contribution < 1.29 is 9.45 Å². The predicted molar refractivity (Wildman–Crippen MR) is 76.1 cm³/mol. The summed E-state index contributed by atoms with van der Waals surface area (Å²) in [5, 5.41) is 14.4. The van der Waals surface area contributed by atoms with Crippen molar-refractivity contribution in [3.8, 4) is 0 Å². The quantitative estimate of drug-likeness (QED) is 0.566. The third-order valence-corrected chi connectivity index (χ3v) is 3.60. The second kappa shape index (κ2) is 4.93. The number of hydrogen-bond acceptors (Lipinski definition) is 4. The van der Waals surface area contributed by atoms with Crippen molar-refractivity contribution in [2.75, 3.05) is 6.54 Å². The van der Waals surface area contributed by atoms with Gasteiger partial charge >= 0.3 is 5.63 Å². The molecule has 2 aromatic heterocycles. The number of fused-ring (bicyclic) bond motifs is 1. The Morgan fingerprint density at radius 2 is 2.14 bits per heavy atom. The first-order chi connectivity index (χ1) is 10.1. The maximum Gasteiger partial charge on any atom is 0.361 e. The van der Waals surface area contributed by atoms with Crippen LogP contribution in [0.1, 0.15) is 22.7 Å². The van der Waals surface area contributed by atoms with E-state index in [1.807, 2.05) is 24.3 Å². The van der Waals surface area contributed by atoms with Gasteiger partial charge in [0.25, 0.3) is 0 Å². The minimum atomic E-state index is -0.654. The summed E-state index contributed by atoms with van der Waals surface area (Å²) in [5.74, 6) is -0.654. The molecule has 7 nitrogen and oxygen atoms in total. The molecule has 0 aliphatic heterocycles. The van der Waals surface area contributed by atoms with Gasteiger partial charge in [0.2, 0.25) is 6.54 Å². The lowest BCUT2D eigenvalue weighted by Gasteiger charge is -2.10. The number of rotatable bonds is 4. The third-order valence-electron chi connectivity index (χ3n) is 3.60. The number of para-hydroxylation sites is 1. The summed E-state index contributed by atoms with van der Waals surface area (Å²) in [5.41, 5.74) is 1.84. The maximum atomic E-state index is 11.9. The second-order valence-corrected chi connectivity index (χ2v) is 4.89. The first-order valence-electron chi connectivity index (χ1n) is 6.43. The number of hydrogen-bond donors (Lipinski definition) is 2. The zero-order chi connectivity index (χ0) is 15.0. The minimum absolute atomic E-state index is 0.302. The lowest BCUT2D eigenvalue weighted by atomic mass is 9.91. The fraction of sp³-hybridized carbons (Fsp3) is 0.214. The first kappa shape index (κ1) is 13.2. The highest BCUT2D eigenvalue weighted by Gasteiger charge is 2.29. The number of H-pyrrole nitrogens is 2. The molecule has 0 fully saturated rings. The number of aryl methyl sites for hydroxylation is 1. The molecule has 108 valence electrons. The molecule has 0 radical (unpaired) electrons. The zero-order valence-electron chi connectivity index (χ0n) is 11.3. The van der Waals surface area contributed by atoms with Crippen LogP contribution in [0, 0.1) is 17.0 Å². The summed E-state index contributed by atoms with van der Waals surface area (Å²) in [6.45, 7) is 1.30. The molecule has 1 unspecified atom stereocenters. The highest BCUT2D eigenvalue weighted by Crippen LogP contribution is 2.30. The summed E-state index contributed by atoms with van der Waals surface area (Å²) in [7, 11) is 0. The van der Waals surface area contributed by atoms with E-state index in [4.69, 9.17) is 4.52 Å². The lowest BCUT2D eigenvalue weighted by molar-refractivity contribution is -0.481. The average Bonchev–Trinajstić information content (AvgIpc) is 3.01. The Kier molecular flexibility index (Phi) is 3.09. The van der Waals surface area contributed by atoms with E-state index in [1.165, 1.54) is 0 Å². The molecule has 2 heterocycles. The molecule has 0 aliphatic rings. The molecular formula is C14H13N3O4. The number of aromatic amines is 2. The second-order valence-electron chi connectivity index (χ2n) is 4.89. The zero-order valence-corrected chi connectivity index (χ0v) is 11.3. The van der Waals surface area contributed by atoms with Crippen LogP contribution in [0.5, 0.6) is 0 Å². The van der Waals surface area contributed by atoms with Crippen LogP contribution in [-0.4, -0.2) is 21.6 Å². The highest BCUT2D eigenvalue weighted by molar-refractivity contribution is 5.84. The standard InChI is InChI=1S/C14H13N3O4/c1-8-13(14(18)21-16-8)11(7-17(19)20)10-6-15-12-5-3-2-4-9(10)12/h2-6,11,15-16H,7H2,1H3. The molecule has 21 heavy (non-hydrogen) atoms. The van der Waals surface area contributed by atoms with Crippen LogP contribution in [0.25, 0.3) is 10.9 Å². The van der Waals surface area contributed by atoms with Gasteiger partial charge in [-0.05, 0) is 18.6 Å². The number of benzene rings is 1. The van der Waals surface area contributed by atoms with Gasteiger partial charge < -0.3 is 9.51 Å². The molecule has 1 aromatic carbocycles. The molecule has 2 N–H and O–H groups in total. The number of nitrogens with one attached hydrogen (secondary N) is 2. The monoisotopic (exact) mass is 287 g/mol. The number of nitro groups is 1. The molecule has 0 saturated heterocycles. The molecule has 0 amide bonds. The molecule has 1 atom stereocenters. The van der Waals surface area contributed by atoms with Crippen LogP contribution in [0.3, 0.4) is 0 Å². The van der Waals surface area contributed by atoms with Crippen LogP contribution in [0.4, 0.5) is 0 Å². The molecule has 3 rings (SSSR count). The summed E-state index contributed by atoms with van der Waals surface area (Å²) in [4.78, 5) is 25.5. The van der Waals surface area contributed by atoms with Gasteiger partial charge in [0.1, 0.15) is 0 Å². The van der Waals surface area contributed by atoms with E-state index in [2.05, 4.69) is 10.1 Å². The Labute approximate surface area is 118 Å². The average molecular weight is 287 g/mol. The molecule has 0 aliphatic carbocycles. The third kappa shape index (κ3) is 2.22. The van der Waals surface area contributed by atoms with Crippen molar-refractivity contribution in [3.63, 3.8) is 0 Å².